The molecular formula is C15H14FN3O2. The van der Waals surface area contributed by atoms with E-state index in [2.05, 4.69) is 15.6 Å². The lowest BCUT2D eigenvalue weighted by molar-refractivity contribution is -0.114. The van der Waals surface area contributed by atoms with E-state index >= 15 is 0 Å². The van der Waals surface area contributed by atoms with Crippen LogP contribution >= 0.6 is 0 Å². The monoisotopic (exact) mass is 287 g/mol. The molecule has 0 fully saturated rings. The summed E-state index contributed by atoms with van der Waals surface area (Å²) in [5.74, 6) is -1.24. The number of benzene rings is 1. The van der Waals surface area contributed by atoms with Gasteiger partial charge in [-0.15, -0.1) is 0 Å². The van der Waals surface area contributed by atoms with Crippen LogP contribution in [0.3, 0.4) is 0 Å². The Morgan fingerprint density at radius 3 is 2.52 bits per heavy atom. The summed E-state index contributed by atoms with van der Waals surface area (Å²) in [5.41, 5.74) is 2.24. The fourth-order valence-corrected chi connectivity index (χ4v) is 1.74. The maximum Gasteiger partial charge on any atom is 0.257 e. The van der Waals surface area contributed by atoms with Crippen LogP contribution in [0, 0.1) is 12.9 Å². The van der Waals surface area contributed by atoms with Gasteiger partial charge in [0.25, 0.3) is 5.91 Å². The first-order valence-corrected chi connectivity index (χ1v) is 6.27. The van der Waals surface area contributed by atoms with Crippen LogP contribution in [0.5, 0.6) is 0 Å². The molecule has 5 nitrogen and oxygen atoms in total. The zero-order valence-electron chi connectivity index (χ0n) is 11.6. The fourth-order valence-electron chi connectivity index (χ4n) is 1.74. The van der Waals surface area contributed by atoms with E-state index in [1.807, 2.05) is 6.92 Å². The Balaban J connectivity index is 2.20. The summed E-state index contributed by atoms with van der Waals surface area (Å²) in [6.07, 6.45) is 1.16. The highest BCUT2D eigenvalue weighted by molar-refractivity contribution is 6.04. The molecule has 1 aromatic carbocycles. The lowest BCUT2D eigenvalue weighted by Gasteiger charge is -2.11. The van der Waals surface area contributed by atoms with Gasteiger partial charge in [-0.2, -0.15) is 4.39 Å². The van der Waals surface area contributed by atoms with Crippen LogP contribution in [-0.2, 0) is 4.79 Å². The Morgan fingerprint density at radius 2 is 1.90 bits per heavy atom. The maximum absolute atomic E-state index is 12.7. The molecule has 2 aromatic rings. The number of pyridine rings is 1. The minimum Gasteiger partial charge on any atom is -0.326 e. The van der Waals surface area contributed by atoms with Crippen molar-refractivity contribution in [3.63, 3.8) is 0 Å². The van der Waals surface area contributed by atoms with Crippen LogP contribution in [-0.4, -0.2) is 16.8 Å². The van der Waals surface area contributed by atoms with Crippen molar-refractivity contribution < 1.29 is 14.0 Å². The van der Waals surface area contributed by atoms with Gasteiger partial charge in [0, 0.05) is 24.5 Å². The number of carbonyl (C=O) groups is 2. The number of rotatable bonds is 3. The van der Waals surface area contributed by atoms with E-state index in [4.69, 9.17) is 0 Å². The van der Waals surface area contributed by atoms with Crippen LogP contribution in [0.2, 0.25) is 0 Å². The van der Waals surface area contributed by atoms with Gasteiger partial charge >= 0.3 is 0 Å². The second-order valence-electron chi connectivity index (χ2n) is 4.53. The second-order valence-corrected chi connectivity index (χ2v) is 4.53. The topological polar surface area (TPSA) is 71.1 Å². The number of nitrogens with zero attached hydrogens (tertiary/aromatic N) is 1. The molecule has 0 saturated heterocycles. The molecule has 0 unspecified atom stereocenters. The van der Waals surface area contributed by atoms with Crippen molar-refractivity contribution in [1.82, 2.24) is 4.98 Å². The largest absolute Gasteiger partial charge is 0.326 e. The standard InChI is InChI=1S/C15H14FN3O2/c1-9-3-5-12(18-10(2)20)7-13(9)19-15(21)11-4-6-14(16)17-8-11/h3-8H,1-2H3,(H,18,20)(H,19,21). The number of carbonyl (C=O) groups excluding carboxylic acids is 2. The Labute approximate surface area is 121 Å². The van der Waals surface area contributed by atoms with Gasteiger partial charge in [0.2, 0.25) is 11.9 Å². The van der Waals surface area contributed by atoms with E-state index in [-0.39, 0.29) is 11.5 Å². The lowest BCUT2D eigenvalue weighted by Crippen LogP contribution is -2.14. The van der Waals surface area contributed by atoms with Gasteiger partial charge < -0.3 is 10.6 Å². The highest BCUT2D eigenvalue weighted by atomic mass is 19.1. The summed E-state index contributed by atoms with van der Waals surface area (Å²) in [4.78, 5) is 26.5. The number of nitrogens with one attached hydrogen (secondary N) is 2. The van der Waals surface area contributed by atoms with Crippen molar-refractivity contribution >= 4 is 23.2 Å². The predicted molar refractivity (Wildman–Crippen MR) is 77.6 cm³/mol. The van der Waals surface area contributed by atoms with E-state index in [0.717, 1.165) is 17.8 Å². The molecule has 2 amide bonds. The van der Waals surface area contributed by atoms with Gasteiger partial charge in [0.1, 0.15) is 0 Å². The molecule has 0 aliphatic rings. The van der Waals surface area contributed by atoms with Gasteiger partial charge in [0.15, 0.2) is 0 Å². The first-order valence-electron chi connectivity index (χ1n) is 6.27. The Kier molecular flexibility index (Phi) is 4.27. The van der Waals surface area contributed by atoms with Crippen molar-refractivity contribution in [3.8, 4) is 0 Å². The zero-order chi connectivity index (χ0) is 15.4. The smallest absolute Gasteiger partial charge is 0.257 e. The molecule has 0 radical (unpaired) electrons. The van der Waals surface area contributed by atoms with Crippen LogP contribution in [0.15, 0.2) is 36.5 Å². The van der Waals surface area contributed by atoms with Gasteiger partial charge in [-0.1, -0.05) is 6.07 Å². The van der Waals surface area contributed by atoms with Crippen molar-refractivity contribution in [1.29, 1.82) is 0 Å². The summed E-state index contributed by atoms with van der Waals surface area (Å²) in [7, 11) is 0. The van der Waals surface area contributed by atoms with Gasteiger partial charge in [-0.05, 0) is 36.8 Å². The third-order valence-corrected chi connectivity index (χ3v) is 2.80. The van der Waals surface area contributed by atoms with E-state index in [0.29, 0.717) is 11.4 Å². The highest BCUT2D eigenvalue weighted by Gasteiger charge is 2.09. The second kappa shape index (κ2) is 6.13. The maximum atomic E-state index is 12.7. The van der Waals surface area contributed by atoms with Crippen molar-refractivity contribution in [2.45, 2.75) is 13.8 Å². The zero-order valence-corrected chi connectivity index (χ0v) is 11.6. The van der Waals surface area contributed by atoms with E-state index in [1.54, 1.807) is 18.2 Å². The number of hydrogen-bond acceptors (Lipinski definition) is 3. The lowest BCUT2D eigenvalue weighted by atomic mass is 10.1. The van der Waals surface area contributed by atoms with Gasteiger partial charge in [0.05, 0.1) is 5.56 Å². The van der Waals surface area contributed by atoms with Crippen molar-refractivity contribution in [2.75, 3.05) is 10.6 Å². The summed E-state index contributed by atoms with van der Waals surface area (Å²) in [6, 6.07) is 7.65. The molecule has 6 heteroatoms. The number of aromatic nitrogens is 1. The molecule has 0 aliphatic heterocycles. The van der Waals surface area contributed by atoms with E-state index < -0.39 is 11.9 Å². The SMILES string of the molecule is CC(=O)Nc1ccc(C)c(NC(=O)c2ccc(F)nc2)c1. The molecule has 0 bridgehead atoms. The summed E-state index contributed by atoms with van der Waals surface area (Å²) < 4.78 is 12.7. The third kappa shape index (κ3) is 3.85. The molecular weight excluding hydrogens is 273 g/mol. The third-order valence-electron chi connectivity index (χ3n) is 2.80. The quantitative estimate of drug-likeness (QED) is 0.853. The average molecular weight is 287 g/mol. The minimum absolute atomic E-state index is 0.195. The molecule has 1 aromatic heterocycles. The summed E-state index contributed by atoms with van der Waals surface area (Å²) in [5, 5.41) is 5.35. The molecule has 108 valence electrons. The highest BCUT2D eigenvalue weighted by Crippen LogP contribution is 2.21. The number of halogens is 1. The Morgan fingerprint density at radius 1 is 1.14 bits per heavy atom. The van der Waals surface area contributed by atoms with Crippen LogP contribution < -0.4 is 10.6 Å². The average Bonchev–Trinajstić information content (AvgIpc) is 2.42. The Hall–Kier alpha value is -2.76. The first-order chi connectivity index (χ1) is 9.95. The number of hydrogen-bond donors (Lipinski definition) is 2. The van der Waals surface area contributed by atoms with Crippen LogP contribution in [0.4, 0.5) is 15.8 Å². The summed E-state index contributed by atoms with van der Waals surface area (Å²) in [6.45, 7) is 3.23. The molecule has 0 saturated carbocycles. The molecule has 0 aliphatic carbocycles. The molecule has 1 heterocycles. The molecule has 21 heavy (non-hydrogen) atoms. The van der Waals surface area contributed by atoms with Gasteiger partial charge in [-0.25, -0.2) is 4.98 Å². The number of amides is 2. The van der Waals surface area contributed by atoms with E-state index in [1.165, 1.54) is 13.0 Å². The Bertz CT molecular complexity index is 684. The van der Waals surface area contributed by atoms with Gasteiger partial charge in [-0.3, -0.25) is 9.59 Å². The van der Waals surface area contributed by atoms with E-state index in [9.17, 15) is 14.0 Å². The first kappa shape index (κ1) is 14.6. The predicted octanol–water partition coefficient (Wildman–Crippen LogP) is 2.74. The fraction of sp³-hybridized carbons (Fsp3) is 0.133. The van der Waals surface area contributed by atoms with Crippen LogP contribution in [0.1, 0.15) is 22.8 Å². The van der Waals surface area contributed by atoms with Crippen molar-refractivity contribution in [3.05, 3.63) is 53.6 Å². The minimum atomic E-state index is -0.643. The molecule has 0 atom stereocenters. The number of aryl methyl sites for hydroxylation is 1. The number of anilines is 2. The molecule has 2 N–H and O–H groups in total. The van der Waals surface area contributed by atoms with Crippen LogP contribution in [0.25, 0.3) is 0 Å². The molecule has 2 rings (SSSR count). The normalized spacial score (nSPS) is 10.0. The van der Waals surface area contributed by atoms with Crippen molar-refractivity contribution in [2.24, 2.45) is 0 Å². The molecule has 0 spiro atoms. The summed E-state index contributed by atoms with van der Waals surface area (Å²) >= 11 is 0.